The molecular formula is C29H42ClN7O. The van der Waals surface area contributed by atoms with Crippen LogP contribution < -0.4 is 22.5 Å². The van der Waals surface area contributed by atoms with Gasteiger partial charge in [0.25, 0.3) is 0 Å². The number of para-hydroxylation sites is 1. The van der Waals surface area contributed by atoms with E-state index in [1.807, 2.05) is 30.0 Å². The first-order valence-corrected chi connectivity index (χ1v) is 14.0. The van der Waals surface area contributed by atoms with Crippen molar-refractivity contribution < 1.29 is 4.79 Å². The van der Waals surface area contributed by atoms with Gasteiger partial charge in [-0.2, -0.15) is 0 Å². The molecule has 4 atom stereocenters. The van der Waals surface area contributed by atoms with E-state index in [0.717, 1.165) is 50.0 Å². The smallest absolute Gasteiger partial charge is 0.240 e. The van der Waals surface area contributed by atoms with Gasteiger partial charge in [-0.05, 0) is 81.0 Å². The fourth-order valence-electron chi connectivity index (χ4n) is 5.82. The van der Waals surface area contributed by atoms with E-state index in [4.69, 9.17) is 28.8 Å². The van der Waals surface area contributed by atoms with Crippen LogP contribution in [0, 0.1) is 6.92 Å². The molecule has 7 N–H and O–H groups in total. The second kappa shape index (κ2) is 12.8. The summed E-state index contributed by atoms with van der Waals surface area (Å²) in [6.07, 6.45) is 3.20. The van der Waals surface area contributed by atoms with Crippen molar-refractivity contribution in [3.05, 3.63) is 64.2 Å². The minimum absolute atomic E-state index is 0.00612. The predicted octanol–water partition coefficient (Wildman–Crippen LogP) is 3.07. The lowest BCUT2D eigenvalue weighted by molar-refractivity contribution is -0.139. The highest BCUT2D eigenvalue weighted by atomic mass is 35.5. The Kier molecular flexibility index (Phi) is 9.52. The number of hydrogen-bond acceptors (Lipinski definition) is 5. The molecule has 0 aromatic heterocycles. The Morgan fingerprint density at radius 1 is 1.18 bits per heavy atom. The third-order valence-corrected chi connectivity index (χ3v) is 8.24. The van der Waals surface area contributed by atoms with Gasteiger partial charge in [0, 0.05) is 54.9 Å². The number of nitrogens with zero attached hydrogens (tertiary/aromatic N) is 3. The molecule has 9 heteroatoms. The van der Waals surface area contributed by atoms with Crippen LogP contribution in [0.2, 0.25) is 5.02 Å². The van der Waals surface area contributed by atoms with Crippen molar-refractivity contribution >= 4 is 29.2 Å². The molecule has 0 aliphatic carbocycles. The summed E-state index contributed by atoms with van der Waals surface area (Å²) in [4.78, 5) is 22.4. The van der Waals surface area contributed by atoms with Crippen LogP contribution >= 0.6 is 11.6 Å². The van der Waals surface area contributed by atoms with E-state index in [9.17, 15) is 4.79 Å². The van der Waals surface area contributed by atoms with Crippen LogP contribution in [0.15, 0.2) is 47.5 Å². The Hall–Kier alpha value is -2.81. The number of halogens is 1. The van der Waals surface area contributed by atoms with Gasteiger partial charge in [-0.25, -0.2) is 0 Å². The predicted molar refractivity (Wildman–Crippen MR) is 157 cm³/mol. The largest absolute Gasteiger partial charge is 0.384 e. The van der Waals surface area contributed by atoms with Crippen molar-refractivity contribution in [3.8, 4) is 0 Å². The summed E-state index contributed by atoms with van der Waals surface area (Å²) in [6.45, 7) is 8.23. The molecule has 2 heterocycles. The zero-order valence-corrected chi connectivity index (χ0v) is 23.3. The number of guanidine groups is 1. The molecule has 0 bridgehead atoms. The number of aryl methyl sites for hydroxylation is 1. The average molecular weight is 540 g/mol. The van der Waals surface area contributed by atoms with Gasteiger partial charge >= 0.3 is 0 Å². The first-order chi connectivity index (χ1) is 18.2. The molecule has 2 aromatic rings. The summed E-state index contributed by atoms with van der Waals surface area (Å²) in [5.74, 6) is 0.615. The number of anilines is 1. The van der Waals surface area contributed by atoms with Gasteiger partial charge in [0.2, 0.25) is 5.91 Å². The lowest BCUT2D eigenvalue weighted by Gasteiger charge is -2.46. The molecule has 2 aliphatic rings. The number of hydrogen-bond donors (Lipinski definition) is 4. The molecule has 38 heavy (non-hydrogen) atoms. The second-order valence-electron chi connectivity index (χ2n) is 10.8. The summed E-state index contributed by atoms with van der Waals surface area (Å²) in [5, 5.41) is 4.23. The van der Waals surface area contributed by atoms with Gasteiger partial charge in [-0.15, -0.1) is 0 Å². The zero-order chi connectivity index (χ0) is 27.2. The number of rotatable bonds is 10. The number of nitrogens with one attached hydrogen (secondary N) is 1. The van der Waals surface area contributed by atoms with Crippen LogP contribution in [0.3, 0.4) is 0 Å². The number of carbonyl (C=O) groups excluding carboxylic acids is 1. The average Bonchev–Trinajstić information content (AvgIpc) is 3.30. The number of carbonyl (C=O) groups is 1. The molecular weight excluding hydrogens is 498 g/mol. The first-order valence-electron chi connectivity index (χ1n) is 13.7. The number of piperazine rings is 1. The van der Waals surface area contributed by atoms with E-state index in [1.54, 1.807) is 0 Å². The van der Waals surface area contributed by atoms with E-state index >= 15 is 0 Å². The Balaban J connectivity index is 1.42. The van der Waals surface area contributed by atoms with Gasteiger partial charge in [0.15, 0.2) is 5.96 Å². The zero-order valence-electron chi connectivity index (χ0n) is 22.6. The number of nitrogens with two attached hydrogens (primary N) is 3. The molecule has 1 amide bonds. The van der Waals surface area contributed by atoms with Crippen molar-refractivity contribution in [2.45, 2.75) is 63.6 Å². The summed E-state index contributed by atoms with van der Waals surface area (Å²) in [5.41, 5.74) is 22.3. The maximum atomic E-state index is 13.7. The molecule has 1 saturated heterocycles. The highest BCUT2D eigenvalue weighted by Crippen LogP contribution is 2.34. The van der Waals surface area contributed by atoms with E-state index in [1.165, 1.54) is 11.3 Å². The Bertz CT molecular complexity index is 1140. The molecule has 8 nitrogen and oxygen atoms in total. The number of benzene rings is 2. The molecule has 0 spiro atoms. The van der Waals surface area contributed by atoms with Crippen molar-refractivity contribution in [3.63, 3.8) is 0 Å². The van der Waals surface area contributed by atoms with Crippen molar-refractivity contribution in [2.24, 2.45) is 22.2 Å². The van der Waals surface area contributed by atoms with Gasteiger partial charge in [0.1, 0.15) is 0 Å². The van der Waals surface area contributed by atoms with Gasteiger partial charge in [-0.3, -0.25) is 14.7 Å². The van der Waals surface area contributed by atoms with E-state index < -0.39 is 6.04 Å². The topological polar surface area (TPSA) is 126 Å². The summed E-state index contributed by atoms with van der Waals surface area (Å²) in [6, 6.07) is 14.0. The Labute approximate surface area is 231 Å². The number of aliphatic imine (C=N–C) groups is 1. The normalized spacial score (nSPS) is 22.0. The third-order valence-electron chi connectivity index (χ3n) is 8.01. The third kappa shape index (κ3) is 6.98. The minimum atomic E-state index is -0.602. The van der Waals surface area contributed by atoms with E-state index in [0.29, 0.717) is 30.5 Å². The Morgan fingerprint density at radius 3 is 2.74 bits per heavy atom. The van der Waals surface area contributed by atoms with E-state index in [2.05, 4.69) is 46.4 Å². The molecule has 4 rings (SSSR count). The van der Waals surface area contributed by atoms with Crippen LogP contribution in [0.25, 0.3) is 0 Å². The van der Waals surface area contributed by atoms with Gasteiger partial charge in [0.05, 0.1) is 6.04 Å². The lowest BCUT2D eigenvalue weighted by atomic mass is 9.95. The monoisotopic (exact) mass is 539 g/mol. The van der Waals surface area contributed by atoms with Crippen LogP contribution in [0.1, 0.15) is 48.8 Å². The van der Waals surface area contributed by atoms with Crippen molar-refractivity contribution in [1.82, 2.24) is 9.80 Å². The molecule has 0 saturated carbocycles. The molecule has 206 valence electrons. The SMILES string of the molecule is Cc1cc(Cl)ccc1C[C@@H](N)C(=O)N1C[C@@H](C)N(CCC2CNc3ccccc32)C[C@@H]1CCCN=C(N)N. The van der Waals surface area contributed by atoms with Crippen molar-refractivity contribution in [1.29, 1.82) is 0 Å². The van der Waals surface area contributed by atoms with Crippen LogP contribution in [0.4, 0.5) is 5.69 Å². The maximum absolute atomic E-state index is 13.7. The first kappa shape index (κ1) is 28.2. The quantitative estimate of drug-likeness (QED) is 0.209. The summed E-state index contributed by atoms with van der Waals surface area (Å²) in [7, 11) is 0. The van der Waals surface area contributed by atoms with E-state index in [-0.39, 0.29) is 24.0 Å². The van der Waals surface area contributed by atoms with Crippen LogP contribution in [-0.4, -0.2) is 72.5 Å². The molecule has 2 aromatic carbocycles. The fraction of sp³-hybridized carbons (Fsp3) is 0.517. The van der Waals surface area contributed by atoms with Crippen LogP contribution in [0.5, 0.6) is 0 Å². The second-order valence-corrected chi connectivity index (χ2v) is 11.2. The Morgan fingerprint density at radius 2 is 1.97 bits per heavy atom. The minimum Gasteiger partial charge on any atom is -0.384 e. The maximum Gasteiger partial charge on any atom is 0.240 e. The molecule has 2 aliphatic heterocycles. The fourth-order valence-corrected chi connectivity index (χ4v) is 6.05. The van der Waals surface area contributed by atoms with Crippen molar-refractivity contribution in [2.75, 3.05) is 38.0 Å². The molecule has 1 fully saturated rings. The van der Waals surface area contributed by atoms with Gasteiger partial charge < -0.3 is 27.4 Å². The number of amides is 1. The highest BCUT2D eigenvalue weighted by molar-refractivity contribution is 6.30. The summed E-state index contributed by atoms with van der Waals surface area (Å²) < 4.78 is 0. The van der Waals surface area contributed by atoms with Crippen LogP contribution in [-0.2, 0) is 11.2 Å². The highest BCUT2D eigenvalue weighted by Gasteiger charge is 2.36. The molecule has 1 unspecified atom stereocenters. The molecule has 0 radical (unpaired) electrons. The standard InChI is InChI=1S/C29H42ClN7O/c1-19-14-23(30)10-9-21(19)15-26(31)28(38)37-17-20(2)36(18-24(37)6-5-12-34-29(32)33)13-11-22-16-35-27-8-4-3-7-25(22)27/h3-4,7-10,14,20,22,24,26,35H,5-6,11-13,15-18,31H2,1-2H3,(H4,32,33,34)/t20-,22?,24+,26-/m1/s1. The van der Waals surface area contributed by atoms with Gasteiger partial charge in [-0.1, -0.05) is 35.9 Å². The summed E-state index contributed by atoms with van der Waals surface area (Å²) >= 11 is 6.12. The lowest BCUT2D eigenvalue weighted by Crippen LogP contribution is -2.62. The number of fused-ring (bicyclic) bond motifs is 1.